The molecule has 4 aromatic carbocycles. The predicted octanol–water partition coefficient (Wildman–Crippen LogP) is 16.8. The minimum absolute atomic E-state index is 0.00413. The molecule has 2 fully saturated rings. The van der Waals surface area contributed by atoms with E-state index in [9.17, 15) is 86.6 Å². The number of rotatable bonds is 25. The van der Waals surface area contributed by atoms with E-state index >= 15 is 17.6 Å². The Kier molecular flexibility index (Phi) is 26.9. The topological polar surface area (TPSA) is 172 Å². The summed E-state index contributed by atoms with van der Waals surface area (Å²) in [5, 5.41) is 14.2. The molecule has 2 aliphatic heterocycles. The van der Waals surface area contributed by atoms with Gasteiger partial charge in [-0.3, -0.25) is 28.8 Å². The molecule has 0 saturated carbocycles. The van der Waals surface area contributed by atoms with Crippen molar-refractivity contribution in [3.05, 3.63) is 183 Å². The number of nitrogens with one attached hydrogen (secondary N) is 2. The van der Waals surface area contributed by atoms with E-state index in [1.807, 2.05) is 23.6 Å². The average molecular weight is 1520 g/mol. The summed E-state index contributed by atoms with van der Waals surface area (Å²) in [5.41, 5.74) is -10.1. The van der Waals surface area contributed by atoms with Gasteiger partial charge in [-0.1, -0.05) is 76.9 Å². The first-order valence-electron chi connectivity index (χ1n) is 34.4. The molecule has 0 spiro atoms. The van der Waals surface area contributed by atoms with Crippen LogP contribution in [0.15, 0.2) is 70.5 Å². The van der Waals surface area contributed by atoms with Crippen LogP contribution < -0.4 is 21.8 Å². The number of aliphatic carboxylic acids is 1. The third kappa shape index (κ3) is 20.4. The number of esters is 1. The molecular formula is C76H86F16N6O8. The van der Waals surface area contributed by atoms with Gasteiger partial charge in [-0.05, 0) is 154 Å². The molecule has 8 rings (SSSR count). The number of hydrogen-bond donors (Lipinski definition) is 3. The molecule has 2 unspecified atom stereocenters. The number of carbonyl (C=O) groups excluding carboxylic acids is 3. The van der Waals surface area contributed by atoms with Gasteiger partial charge in [0.2, 0.25) is 11.8 Å². The van der Waals surface area contributed by atoms with Crippen molar-refractivity contribution in [1.29, 1.82) is 0 Å². The molecule has 106 heavy (non-hydrogen) atoms. The summed E-state index contributed by atoms with van der Waals surface area (Å²) in [4.78, 5) is 83.4. The fourth-order valence-electron chi connectivity index (χ4n) is 14.2. The molecule has 14 nitrogen and oxygen atoms in total. The van der Waals surface area contributed by atoms with Gasteiger partial charge in [0.25, 0.3) is 11.1 Å². The number of nitrogens with zero attached hydrogens (tertiary/aromatic N) is 4. The Morgan fingerprint density at radius 1 is 0.500 bits per heavy atom. The number of hydrogen-bond acceptors (Lipinski definition) is 9. The molecule has 4 heterocycles. The number of carboxylic acids is 1. The van der Waals surface area contributed by atoms with E-state index in [1.54, 1.807) is 79.7 Å². The van der Waals surface area contributed by atoms with E-state index in [0.717, 1.165) is 27.1 Å². The van der Waals surface area contributed by atoms with Crippen molar-refractivity contribution in [3.63, 3.8) is 0 Å². The molecule has 0 bridgehead atoms. The standard InChI is InChI=1S/C39H45F8N3O4.C37H41F8N3O4/c1-8-54-32(52)16-29(34-35(40)26(14-28(36(34)41)39(45,46)47)33-23(6)12-21(4)13-24(33)7)48-37(53)30(11-20(2)3)50-19-25(9-10-49-17-22(5)18-49)27(15-31(50)51)38(42,43)44;1-18(2)9-28(48-17-23(7-8-47-15-20(4)16-47)25(13-29(48)49)36(40,41)42)35(52)46-27(14-30(50)51)32-33(38)24(12-26(34(32)39)37(43,44)45)31-21(5)10-19(3)11-22(31)6/h12-15,19-20,22,29-30H,8-11,16-18H2,1-7H3,(H,48,53);10-13,17-18,20,27-28H,7-9,14-16H2,1-6H3,(H,46,52)(H,50,51)/t29-,30?;27-,28?/m00/s1. The lowest BCUT2D eigenvalue weighted by Gasteiger charge is -2.37. The van der Waals surface area contributed by atoms with Gasteiger partial charge in [0.1, 0.15) is 35.4 Å². The highest BCUT2D eigenvalue weighted by atomic mass is 19.4. The van der Waals surface area contributed by atoms with E-state index in [4.69, 9.17) is 4.74 Å². The number of aromatic nitrogens is 2. The summed E-state index contributed by atoms with van der Waals surface area (Å²) in [6.07, 6.45) is -21.6. The number of pyridine rings is 2. The number of carbonyl (C=O) groups is 4. The van der Waals surface area contributed by atoms with Crippen molar-refractivity contribution in [2.45, 2.75) is 177 Å². The highest BCUT2D eigenvalue weighted by Crippen LogP contribution is 2.46. The Labute approximate surface area is 602 Å². The first kappa shape index (κ1) is 84.7. The van der Waals surface area contributed by atoms with Gasteiger partial charge in [-0.15, -0.1) is 0 Å². The molecular weight excluding hydrogens is 1430 g/mol. The summed E-state index contributed by atoms with van der Waals surface area (Å²) >= 11 is 0. The second-order valence-electron chi connectivity index (χ2n) is 28.7. The van der Waals surface area contributed by atoms with Crippen LogP contribution in [-0.4, -0.2) is 93.7 Å². The summed E-state index contributed by atoms with van der Waals surface area (Å²) in [7, 11) is 0. The minimum atomic E-state index is -5.37. The second-order valence-corrected chi connectivity index (χ2v) is 28.7. The van der Waals surface area contributed by atoms with Crippen LogP contribution in [-0.2, 0) is 61.5 Å². The normalized spacial score (nSPS) is 15.3. The maximum absolute atomic E-state index is 16.7. The van der Waals surface area contributed by atoms with Crippen molar-refractivity contribution in [2.24, 2.45) is 23.7 Å². The smallest absolute Gasteiger partial charge is 0.419 e. The number of ether oxygens (including phenoxy) is 1. The Balaban J connectivity index is 0.000000296. The van der Waals surface area contributed by atoms with Gasteiger partial charge in [0.05, 0.1) is 53.8 Å². The van der Waals surface area contributed by atoms with Gasteiger partial charge in [-0.25, -0.2) is 17.6 Å². The summed E-state index contributed by atoms with van der Waals surface area (Å²) < 4.78 is 242. The molecule has 0 radical (unpaired) electrons. The van der Waals surface area contributed by atoms with Crippen LogP contribution in [0.3, 0.4) is 0 Å². The van der Waals surface area contributed by atoms with E-state index < -0.39 is 170 Å². The fourth-order valence-corrected chi connectivity index (χ4v) is 14.2. The minimum Gasteiger partial charge on any atom is -0.481 e. The van der Waals surface area contributed by atoms with Gasteiger partial charge >= 0.3 is 36.6 Å². The van der Waals surface area contributed by atoms with Crippen LogP contribution in [0.5, 0.6) is 0 Å². The molecule has 6 aromatic rings. The summed E-state index contributed by atoms with van der Waals surface area (Å²) in [6, 6.07) is 0.176. The maximum Gasteiger partial charge on any atom is 0.419 e. The number of carboxylic acid groups (broad SMARTS) is 1. The zero-order valence-electron chi connectivity index (χ0n) is 60.7. The lowest BCUT2D eigenvalue weighted by molar-refractivity contribution is -0.144. The first-order chi connectivity index (χ1) is 49.0. The number of halogens is 16. The van der Waals surface area contributed by atoms with E-state index in [-0.39, 0.29) is 73.6 Å². The molecule has 0 aliphatic carbocycles. The van der Waals surface area contributed by atoms with Gasteiger partial charge < -0.3 is 39.4 Å². The Morgan fingerprint density at radius 2 is 0.821 bits per heavy atom. The van der Waals surface area contributed by atoms with Crippen LogP contribution in [0.1, 0.15) is 176 Å². The molecule has 2 saturated heterocycles. The number of benzene rings is 4. The quantitative estimate of drug-likeness (QED) is 0.0370. The third-order valence-electron chi connectivity index (χ3n) is 18.6. The Morgan fingerprint density at radius 3 is 1.10 bits per heavy atom. The Bertz CT molecular complexity index is 4330. The van der Waals surface area contributed by atoms with Crippen molar-refractivity contribution < 1.29 is 99.3 Å². The van der Waals surface area contributed by atoms with Crippen LogP contribution in [0.25, 0.3) is 22.3 Å². The van der Waals surface area contributed by atoms with E-state index in [1.165, 1.54) is 20.8 Å². The summed E-state index contributed by atoms with van der Waals surface area (Å²) in [6.45, 7) is 24.4. The number of alkyl halides is 12. The average Bonchev–Trinajstić information content (AvgIpc) is 0.753. The fraction of sp³-hybridized carbons (Fsp3) is 0.500. The first-order valence-corrected chi connectivity index (χ1v) is 34.4. The number of likely N-dealkylation sites (tertiary alicyclic amines) is 2. The molecule has 580 valence electrons. The number of amides is 2. The lowest BCUT2D eigenvalue weighted by Crippen LogP contribution is -2.46. The van der Waals surface area contributed by atoms with E-state index in [2.05, 4.69) is 10.6 Å². The lowest BCUT2D eigenvalue weighted by atomic mass is 9.88. The van der Waals surface area contributed by atoms with E-state index in [0.29, 0.717) is 90.1 Å². The largest absolute Gasteiger partial charge is 0.481 e. The highest BCUT2D eigenvalue weighted by Gasteiger charge is 2.44. The van der Waals surface area contributed by atoms with Crippen molar-refractivity contribution in [2.75, 3.05) is 45.9 Å². The van der Waals surface area contributed by atoms with Crippen LogP contribution in [0.4, 0.5) is 70.2 Å². The van der Waals surface area contributed by atoms with Crippen molar-refractivity contribution >= 4 is 23.8 Å². The van der Waals surface area contributed by atoms with Crippen molar-refractivity contribution in [3.8, 4) is 22.3 Å². The molecule has 2 amide bonds. The van der Waals surface area contributed by atoms with Crippen LogP contribution in [0, 0.1) is 88.5 Å². The SMILES string of the molecule is CCOC(=O)C[C@H](NC(=O)C(CC(C)C)n1cc(CCN2CC(C)C2)c(C(F)(F)F)cc1=O)c1c(F)c(-c2c(C)cc(C)cc2C)cc(C(F)(F)F)c1F.Cc1cc(C)c(-c2cc(C(F)(F)F)c(F)c([C@H](CC(=O)O)NC(=O)C(CC(C)C)n3cc(CCN4CC(C)C4)c(C(F)(F)F)cc3=O)c2F)c(C)c1. The van der Waals surface area contributed by atoms with Gasteiger partial charge in [-0.2, -0.15) is 52.7 Å². The molecule has 2 aliphatic rings. The van der Waals surface area contributed by atoms with Crippen LogP contribution >= 0.6 is 0 Å². The van der Waals surface area contributed by atoms with Crippen LogP contribution in [0.2, 0.25) is 0 Å². The highest BCUT2D eigenvalue weighted by molar-refractivity contribution is 5.84. The molecule has 3 N–H and O–H groups in total. The van der Waals surface area contributed by atoms with Gasteiger partial charge in [0.15, 0.2) is 0 Å². The monoisotopic (exact) mass is 1510 g/mol. The second kappa shape index (κ2) is 33.7. The maximum atomic E-state index is 16.7. The number of aryl methyl sites for hydroxylation is 6. The molecule has 4 atom stereocenters. The zero-order valence-corrected chi connectivity index (χ0v) is 60.7. The zero-order chi connectivity index (χ0) is 79.5. The molecule has 2 aromatic heterocycles. The summed E-state index contributed by atoms with van der Waals surface area (Å²) in [5.74, 6) is -12.5. The third-order valence-corrected chi connectivity index (χ3v) is 18.6. The Hall–Kier alpha value is -8.54. The predicted molar refractivity (Wildman–Crippen MR) is 364 cm³/mol. The van der Waals surface area contributed by atoms with Crippen molar-refractivity contribution in [1.82, 2.24) is 29.6 Å². The van der Waals surface area contributed by atoms with Gasteiger partial charge in [0, 0.05) is 86.0 Å². The molecule has 30 heteroatoms.